The summed E-state index contributed by atoms with van der Waals surface area (Å²) in [5.74, 6) is 0.982. The number of benzene rings is 1. The van der Waals surface area contributed by atoms with E-state index in [1.807, 2.05) is 29.2 Å². The Balaban J connectivity index is 1.25. The van der Waals surface area contributed by atoms with Crippen LogP contribution >= 0.6 is 11.3 Å². The molecule has 2 unspecified atom stereocenters. The number of carbonyl (C=O) groups excluding carboxylic acids is 1. The minimum absolute atomic E-state index is 0.197. The zero-order chi connectivity index (χ0) is 19.1. The average Bonchev–Trinajstić information content (AvgIpc) is 3.19. The lowest BCUT2D eigenvalue weighted by atomic mass is 10.1. The monoisotopic (exact) mass is 394 g/mol. The molecule has 0 radical (unpaired) electrons. The van der Waals surface area contributed by atoms with Crippen LogP contribution in [-0.4, -0.2) is 50.8 Å². The molecular formula is C21H22N4O2S. The minimum atomic E-state index is 0.197. The number of hydrogen-bond donors (Lipinski definition) is 0. The summed E-state index contributed by atoms with van der Waals surface area (Å²) in [5, 5.41) is 0.611. The van der Waals surface area contributed by atoms with Gasteiger partial charge < -0.3 is 9.64 Å². The highest BCUT2D eigenvalue weighted by atomic mass is 32.1. The Morgan fingerprint density at radius 3 is 2.61 bits per heavy atom. The summed E-state index contributed by atoms with van der Waals surface area (Å²) in [7, 11) is 0. The quantitative estimate of drug-likeness (QED) is 0.676. The summed E-state index contributed by atoms with van der Waals surface area (Å²) < 4.78 is 6.94. The molecule has 144 valence electrons. The lowest BCUT2D eigenvalue weighted by molar-refractivity contribution is -0.132. The Kier molecular flexibility index (Phi) is 4.49. The van der Waals surface area contributed by atoms with E-state index in [9.17, 15) is 4.79 Å². The Hall–Kier alpha value is -2.51. The van der Waals surface area contributed by atoms with Crippen molar-refractivity contribution in [3.8, 4) is 10.9 Å². The van der Waals surface area contributed by atoms with Gasteiger partial charge in [0.15, 0.2) is 5.65 Å². The first-order chi connectivity index (χ1) is 13.7. The van der Waals surface area contributed by atoms with E-state index in [-0.39, 0.29) is 5.91 Å². The fourth-order valence-corrected chi connectivity index (χ4v) is 5.07. The van der Waals surface area contributed by atoms with Gasteiger partial charge in [0.2, 0.25) is 5.91 Å². The largest absolute Gasteiger partial charge is 0.431 e. The van der Waals surface area contributed by atoms with E-state index in [1.54, 1.807) is 13.1 Å². The van der Waals surface area contributed by atoms with Gasteiger partial charge in [-0.3, -0.25) is 9.69 Å². The number of hydrogen-bond acceptors (Lipinski definition) is 6. The van der Waals surface area contributed by atoms with Crippen LogP contribution in [0.4, 0.5) is 0 Å². The van der Waals surface area contributed by atoms with Crippen LogP contribution in [0.2, 0.25) is 0 Å². The number of nitrogens with zero attached hydrogens (tertiary/aromatic N) is 4. The normalized spacial score (nSPS) is 22.0. The third kappa shape index (κ3) is 3.36. The third-order valence-electron chi connectivity index (χ3n) is 5.72. The number of ether oxygens (including phenoxy) is 1. The molecule has 4 heterocycles. The number of thiazole rings is 1. The van der Waals surface area contributed by atoms with Gasteiger partial charge in [-0.05, 0) is 42.7 Å². The number of piperazine rings is 1. The maximum Gasteiger partial charge on any atom is 0.281 e. The molecule has 2 saturated heterocycles. The second kappa shape index (κ2) is 7.14. The van der Waals surface area contributed by atoms with Crippen LogP contribution < -0.4 is 4.74 Å². The van der Waals surface area contributed by atoms with Gasteiger partial charge in [0.25, 0.3) is 5.19 Å². The molecular weight excluding hydrogens is 372 g/mol. The van der Waals surface area contributed by atoms with Crippen LogP contribution in [-0.2, 0) is 11.3 Å². The van der Waals surface area contributed by atoms with Crippen molar-refractivity contribution < 1.29 is 9.53 Å². The molecule has 1 amide bonds. The summed E-state index contributed by atoms with van der Waals surface area (Å²) in [4.78, 5) is 24.9. The molecule has 6 nitrogen and oxygen atoms in total. The van der Waals surface area contributed by atoms with E-state index in [2.05, 4.69) is 27.0 Å². The van der Waals surface area contributed by atoms with Crippen molar-refractivity contribution in [1.29, 1.82) is 0 Å². The number of carbonyl (C=O) groups is 1. The molecule has 0 aliphatic carbocycles. The van der Waals surface area contributed by atoms with Crippen molar-refractivity contribution in [2.75, 3.05) is 13.1 Å². The summed E-state index contributed by atoms with van der Waals surface area (Å²) in [6.07, 6.45) is 4.10. The van der Waals surface area contributed by atoms with Gasteiger partial charge in [-0.15, -0.1) is 0 Å². The summed E-state index contributed by atoms with van der Waals surface area (Å²) in [6.45, 7) is 4.32. The van der Waals surface area contributed by atoms with Crippen molar-refractivity contribution in [3.05, 3.63) is 48.2 Å². The number of aromatic nitrogens is 2. The Morgan fingerprint density at radius 2 is 1.93 bits per heavy atom. The molecule has 0 saturated carbocycles. The number of amides is 1. The van der Waals surface area contributed by atoms with E-state index in [0.717, 1.165) is 35.7 Å². The summed E-state index contributed by atoms with van der Waals surface area (Å²) >= 11 is 1.50. The molecule has 2 atom stereocenters. The van der Waals surface area contributed by atoms with Crippen LogP contribution in [0.15, 0.2) is 42.6 Å². The van der Waals surface area contributed by atoms with E-state index in [1.165, 1.54) is 29.7 Å². The van der Waals surface area contributed by atoms with E-state index >= 15 is 0 Å². The van der Waals surface area contributed by atoms with Crippen LogP contribution in [0.25, 0.3) is 10.3 Å². The standard InChI is InChI=1S/C21H22N4O2S/c1-14(26)24-12-16-6-7-17(13-24)25(16)11-15-4-8-18(9-5-15)27-21-23-20-19(28-21)3-2-10-22-20/h2-5,8-10,16-17H,6-7,11-13H2,1H3. The Bertz CT molecular complexity index is 956. The van der Waals surface area contributed by atoms with E-state index in [0.29, 0.717) is 17.3 Å². The van der Waals surface area contributed by atoms with Gasteiger partial charge in [-0.1, -0.05) is 23.5 Å². The third-order valence-corrected chi connectivity index (χ3v) is 6.61. The molecule has 2 aromatic heterocycles. The minimum Gasteiger partial charge on any atom is -0.431 e. The van der Waals surface area contributed by atoms with Gasteiger partial charge in [0.05, 0.1) is 4.70 Å². The molecule has 28 heavy (non-hydrogen) atoms. The molecule has 5 rings (SSSR count). The molecule has 2 bridgehead atoms. The average molecular weight is 395 g/mol. The predicted octanol–water partition coefficient (Wildman–Crippen LogP) is 3.68. The van der Waals surface area contributed by atoms with Crippen LogP contribution in [0.3, 0.4) is 0 Å². The first-order valence-corrected chi connectivity index (χ1v) is 10.5. The highest BCUT2D eigenvalue weighted by Crippen LogP contribution is 2.33. The number of rotatable bonds is 4. The van der Waals surface area contributed by atoms with E-state index in [4.69, 9.17) is 4.74 Å². The van der Waals surface area contributed by atoms with Gasteiger partial charge in [0, 0.05) is 44.8 Å². The molecule has 0 spiro atoms. The zero-order valence-corrected chi connectivity index (χ0v) is 16.6. The van der Waals surface area contributed by atoms with Gasteiger partial charge >= 0.3 is 0 Å². The lowest BCUT2D eigenvalue weighted by Crippen LogP contribution is -2.54. The molecule has 2 aliphatic rings. The Labute approximate surface area is 167 Å². The number of pyridine rings is 1. The zero-order valence-electron chi connectivity index (χ0n) is 15.7. The second-order valence-electron chi connectivity index (χ2n) is 7.53. The first kappa shape index (κ1) is 17.6. The highest BCUT2D eigenvalue weighted by Gasteiger charge is 2.40. The van der Waals surface area contributed by atoms with Crippen molar-refractivity contribution in [1.82, 2.24) is 19.8 Å². The first-order valence-electron chi connectivity index (χ1n) is 9.65. The topological polar surface area (TPSA) is 58.6 Å². The second-order valence-corrected chi connectivity index (χ2v) is 8.53. The lowest BCUT2D eigenvalue weighted by Gasteiger charge is -2.40. The van der Waals surface area contributed by atoms with Crippen LogP contribution in [0.5, 0.6) is 10.9 Å². The fraction of sp³-hybridized carbons (Fsp3) is 0.381. The van der Waals surface area contributed by atoms with Gasteiger partial charge in [0.1, 0.15) is 5.75 Å². The number of fused-ring (bicyclic) bond motifs is 3. The van der Waals surface area contributed by atoms with Crippen molar-refractivity contribution in [2.24, 2.45) is 0 Å². The molecule has 2 fully saturated rings. The van der Waals surface area contributed by atoms with Crippen molar-refractivity contribution >= 4 is 27.6 Å². The smallest absolute Gasteiger partial charge is 0.281 e. The summed E-state index contributed by atoms with van der Waals surface area (Å²) in [6, 6.07) is 13.1. The number of likely N-dealkylation sites (tertiary alicyclic amines) is 1. The van der Waals surface area contributed by atoms with Crippen LogP contribution in [0, 0.1) is 0 Å². The van der Waals surface area contributed by atoms with E-state index < -0.39 is 0 Å². The summed E-state index contributed by atoms with van der Waals surface area (Å²) in [5.41, 5.74) is 1.99. The van der Waals surface area contributed by atoms with Gasteiger partial charge in [-0.2, -0.15) is 4.98 Å². The van der Waals surface area contributed by atoms with Gasteiger partial charge in [-0.25, -0.2) is 4.98 Å². The molecule has 0 N–H and O–H groups in total. The fourth-order valence-electron chi connectivity index (χ4n) is 4.27. The maximum atomic E-state index is 11.7. The maximum absolute atomic E-state index is 11.7. The van der Waals surface area contributed by atoms with Crippen LogP contribution in [0.1, 0.15) is 25.3 Å². The van der Waals surface area contributed by atoms with Crippen molar-refractivity contribution in [3.63, 3.8) is 0 Å². The molecule has 1 aromatic carbocycles. The molecule has 2 aliphatic heterocycles. The predicted molar refractivity (Wildman–Crippen MR) is 109 cm³/mol. The molecule has 3 aromatic rings. The molecule has 7 heteroatoms. The Morgan fingerprint density at radius 1 is 1.18 bits per heavy atom. The van der Waals surface area contributed by atoms with Crippen molar-refractivity contribution in [2.45, 2.75) is 38.4 Å². The highest BCUT2D eigenvalue weighted by molar-refractivity contribution is 7.20. The SMILES string of the molecule is CC(=O)N1CC2CCC(C1)N2Cc1ccc(Oc2nc3ncccc3s2)cc1.